The second kappa shape index (κ2) is 7.43. The Morgan fingerprint density at radius 2 is 2.23 bits per heavy atom. The molecule has 1 aromatic rings. The Bertz CT molecular complexity index is 501. The van der Waals surface area contributed by atoms with Gasteiger partial charge >= 0.3 is 0 Å². The SMILES string of the molecule is Cc1nc(CN2CCC(C(=O)NCC(F)(F)CN)CC2)cs1. The van der Waals surface area contributed by atoms with Crippen molar-refractivity contribution < 1.29 is 13.6 Å². The summed E-state index contributed by atoms with van der Waals surface area (Å²) in [6, 6.07) is 0. The van der Waals surface area contributed by atoms with Crippen LogP contribution in [0, 0.1) is 12.8 Å². The van der Waals surface area contributed by atoms with Crippen molar-refractivity contribution in [3.05, 3.63) is 16.1 Å². The summed E-state index contributed by atoms with van der Waals surface area (Å²) in [6.07, 6.45) is 1.37. The summed E-state index contributed by atoms with van der Waals surface area (Å²) >= 11 is 1.63. The number of hydrogen-bond donors (Lipinski definition) is 2. The third kappa shape index (κ3) is 4.96. The normalized spacial score (nSPS) is 17.6. The van der Waals surface area contributed by atoms with E-state index in [1.807, 2.05) is 12.3 Å². The molecular formula is C14H22F2N4OS. The number of likely N-dealkylation sites (tertiary alicyclic amines) is 1. The van der Waals surface area contributed by atoms with Crippen molar-refractivity contribution in [1.29, 1.82) is 0 Å². The van der Waals surface area contributed by atoms with Crippen LogP contribution in [0.25, 0.3) is 0 Å². The molecule has 1 aromatic heterocycles. The molecule has 1 saturated heterocycles. The van der Waals surface area contributed by atoms with Crippen molar-refractivity contribution in [2.75, 3.05) is 26.2 Å². The molecule has 0 atom stereocenters. The molecule has 1 aliphatic rings. The predicted molar refractivity (Wildman–Crippen MR) is 81.9 cm³/mol. The van der Waals surface area contributed by atoms with Gasteiger partial charge in [0.05, 0.1) is 23.8 Å². The van der Waals surface area contributed by atoms with Gasteiger partial charge in [0.1, 0.15) is 0 Å². The average molecular weight is 332 g/mol. The molecule has 1 fully saturated rings. The highest BCUT2D eigenvalue weighted by atomic mass is 32.1. The van der Waals surface area contributed by atoms with E-state index < -0.39 is 19.0 Å². The van der Waals surface area contributed by atoms with Gasteiger partial charge in [-0.1, -0.05) is 0 Å². The lowest BCUT2D eigenvalue weighted by Gasteiger charge is -2.31. The summed E-state index contributed by atoms with van der Waals surface area (Å²) in [6.45, 7) is 2.88. The maximum Gasteiger partial charge on any atom is 0.277 e. The Kier molecular flexibility index (Phi) is 5.82. The average Bonchev–Trinajstić information content (AvgIpc) is 2.91. The van der Waals surface area contributed by atoms with E-state index in [0.29, 0.717) is 12.8 Å². The van der Waals surface area contributed by atoms with E-state index in [2.05, 4.69) is 15.2 Å². The van der Waals surface area contributed by atoms with Crippen LogP contribution in [0.15, 0.2) is 5.38 Å². The zero-order valence-corrected chi connectivity index (χ0v) is 13.5. The first kappa shape index (κ1) is 17.2. The molecule has 0 unspecified atom stereocenters. The van der Waals surface area contributed by atoms with Crippen LogP contribution >= 0.6 is 11.3 Å². The van der Waals surface area contributed by atoms with Gasteiger partial charge in [0, 0.05) is 17.8 Å². The molecule has 0 aromatic carbocycles. The zero-order chi connectivity index (χ0) is 16.2. The van der Waals surface area contributed by atoms with Crippen molar-refractivity contribution in [2.24, 2.45) is 11.7 Å². The molecule has 2 heterocycles. The number of halogens is 2. The van der Waals surface area contributed by atoms with Crippen LogP contribution in [0.5, 0.6) is 0 Å². The molecule has 0 spiro atoms. The second-order valence-electron chi connectivity index (χ2n) is 5.69. The third-order valence-corrected chi connectivity index (χ3v) is 4.65. The van der Waals surface area contributed by atoms with E-state index >= 15 is 0 Å². The first-order valence-electron chi connectivity index (χ1n) is 7.38. The zero-order valence-electron chi connectivity index (χ0n) is 12.6. The summed E-state index contributed by atoms with van der Waals surface area (Å²) in [5, 5.41) is 5.40. The number of aryl methyl sites for hydroxylation is 1. The topological polar surface area (TPSA) is 71.2 Å². The van der Waals surface area contributed by atoms with Gasteiger partial charge in [0.2, 0.25) is 5.91 Å². The minimum absolute atomic E-state index is 0.193. The summed E-state index contributed by atoms with van der Waals surface area (Å²) in [4.78, 5) is 18.6. The summed E-state index contributed by atoms with van der Waals surface area (Å²) in [7, 11) is 0. The number of hydrogen-bond acceptors (Lipinski definition) is 5. The molecule has 1 amide bonds. The number of carbonyl (C=O) groups is 1. The Morgan fingerprint density at radius 1 is 1.55 bits per heavy atom. The van der Waals surface area contributed by atoms with Crippen molar-refractivity contribution in [1.82, 2.24) is 15.2 Å². The third-order valence-electron chi connectivity index (χ3n) is 3.83. The van der Waals surface area contributed by atoms with Crippen molar-refractivity contribution in [2.45, 2.75) is 32.2 Å². The van der Waals surface area contributed by atoms with E-state index in [4.69, 9.17) is 5.73 Å². The first-order valence-corrected chi connectivity index (χ1v) is 8.26. The lowest BCUT2D eigenvalue weighted by Crippen LogP contribution is -2.45. The molecule has 2 rings (SSSR count). The number of thiazole rings is 1. The molecule has 3 N–H and O–H groups in total. The van der Waals surface area contributed by atoms with Gasteiger partial charge in [-0.25, -0.2) is 13.8 Å². The summed E-state index contributed by atoms with van der Waals surface area (Å²) in [5.74, 6) is -3.52. The minimum Gasteiger partial charge on any atom is -0.350 e. The minimum atomic E-state index is -3.03. The number of rotatable bonds is 6. The predicted octanol–water partition coefficient (Wildman–Crippen LogP) is 1.37. The van der Waals surface area contributed by atoms with Crippen LogP contribution in [-0.2, 0) is 11.3 Å². The molecule has 8 heteroatoms. The molecule has 0 bridgehead atoms. The van der Waals surface area contributed by atoms with Crippen LogP contribution in [0.1, 0.15) is 23.5 Å². The highest BCUT2D eigenvalue weighted by molar-refractivity contribution is 7.09. The summed E-state index contributed by atoms with van der Waals surface area (Å²) < 4.78 is 26.1. The monoisotopic (exact) mass is 332 g/mol. The number of piperidine rings is 1. The highest BCUT2D eigenvalue weighted by Crippen LogP contribution is 2.20. The smallest absolute Gasteiger partial charge is 0.277 e. The van der Waals surface area contributed by atoms with Crippen LogP contribution in [0.2, 0.25) is 0 Å². The Morgan fingerprint density at radius 3 is 2.77 bits per heavy atom. The fraction of sp³-hybridized carbons (Fsp3) is 0.714. The van der Waals surface area contributed by atoms with E-state index in [0.717, 1.165) is 30.3 Å². The molecular weight excluding hydrogens is 310 g/mol. The number of nitrogens with two attached hydrogens (primary N) is 1. The van der Waals surface area contributed by atoms with Gasteiger partial charge in [0.15, 0.2) is 0 Å². The van der Waals surface area contributed by atoms with Crippen molar-refractivity contribution in [3.63, 3.8) is 0 Å². The molecule has 1 aliphatic heterocycles. The molecule has 22 heavy (non-hydrogen) atoms. The quantitative estimate of drug-likeness (QED) is 0.825. The van der Waals surface area contributed by atoms with E-state index in [9.17, 15) is 13.6 Å². The van der Waals surface area contributed by atoms with Crippen molar-refractivity contribution in [3.8, 4) is 0 Å². The molecule has 124 valence electrons. The van der Waals surface area contributed by atoms with E-state index in [1.54, 1.807) is 11.3 Å². The Hall–Kier alpha value is -1.12. The molecule has 0 saturated carbocycles. The van der Waals surface area contributed by atoms with Gasteiger partial charge < -0.3 is 11.1 Å². The number of carbonyl (C=O) groups excluding carboxylic acids is 1. The number of aromatic nitrogens is 1. The fourth-order valence-corrected chi connectivity index (χ4v) is 3.10. The molecule has 0 radical (unpaired) electrons. The summed E-state index contributed by atoms with van der Waals surface area (Å²) in [5.41, 5.74) is 6.00. The number of alkyl halides is 2. The molecule has 0 aliphatic carbocycles. The van der Waals surface area contributed by atoms with Gasteiger partial charge in [-0.15, -0.1) is 11.3 Å². The van der Waals surface area contributed by atoms with Crippen LogP contribution in [-0.4, -0.2) is 47.9 Å². The maximum absolute atomic E-state index is 13.0. The fourth-order valence-electron chi connectivity index (χ4n) is 2.50. The van der Waals surface area contributed by atoms with Gasteiger partial charge in [-0.2, -0.15) is 0 Å². The van der Waals surface area contributed by atoms with Crippen LogP contribution in [0.3, 0.4) is 0 Å². The Balaban J connectivity index is 1.73. The first-order chi connectivity index (χ1) is 10.4. The number of amides is 1. The van der Waals surface area contributed by atoms with E-state index in [-0.39, 0.29) is 11.8 Å². The van der Waals surface area contributed by atoms with E-state index in [1.165, 1.54) is 0 Å². The standard InChI is InChI=1S/C14H22F2N4OS/c1-10-19-12(7-22-10)6-20-4-2-11(3-5-20)13(21)18-9-14(15,16)8-17/h7,11H,2-6,8-9,17H2,1H3,(H,18,21). The molecule has 5 nitrogen and oxygen atoms in total. The number of nitrogens with zero attached hydrogens (tertiary/aromatic N) is 2. The highest BCUT2D eigenvalue weighted by Gasteiger charge is 2.30. The van der Waals surface area contributed by atoms with Gasteiger partial charge in [-0.3, -0.25) is 9.69 Å². The van der Waals surface area contributed by atoms with Crippen LogP contribution in [0.4, 0.5) is 8.78 Å². The van der Waals surface area contributed by atoms with Gasteiger partial charge in [0.25, 0.3) is 5.92 Å². The second-order valence-corrected chi connectivity index (χ2v) is 6.75. The Labute approximate surface area is 132 Å². The largest absolute Gasteiger partial charge is 0.350 e. The van der Waals surface area contributed by atoms with Crippen molar-refractivity contribution >= 4 is 17.2 Å². The van der Waals surface area contributed by atoms with Gasteiger partial charge in [-0.05, 0) is 32.9 Å². The van der Waals surface area contributed by atoms with Crippen LogP contribution < -0.4 is 11.1 Å². The maximum atomic E-state index is 13.0. The number of nitrogens with one attached hydrogen (secondary N) is 1. The lowest BCUT2D eigenvalue weighted by molar-refractivity contribution is -0.128. The lowest BCUT2D eigenvalue weighted by atomic mass is 9.95.